The van der Waals surface area contributed by atoms with Gasteiger partial charge in [-0.2, -0.15) is 0 Å². The van der Waals surface area contributed by atoms with E-state index in [2.05, 4.69) is 0 Å². The maximum Gasteiger partial charge on any atom is 0.295 e. The lowest BCUT2D eigenvalue weighted by Gasteiger charge is -2.26. The Morgan fingerprint density at radius 3 is 2.32 bits per heavy atom. The number of hydrogen-bond donors (Lipinski definition) is 1. The third-order valence-corrected chi connectivity index (χ3v) is 6.41. The van der Waals surface area contributed by atoms with Gasteiger partial charge in [0.2, 0.25) is 0 Å². The fourth-order valence-corrected chi connectivity index (χ4v) is 4.63. The Labute approximate surface area is 222 Å². The van der Waals surface area contributed by atoms with Crippen molar-refractivity contribution in [1.29, 1.82) is 0 Å². The summed E-state index contributed by atoms with van der Waals surface area (Å²) in [6.45, 7) is 8.31. The van der Waals surface area contributed by atoms with E-state index in [9.17, 15) is 19.1 Å². The molecule has 1 heterocycles. The van der Waals surface area contributed by atoms with Crippen LogP contribution in [0.4, 0.5) is 4.39 Å². The van der Waals surface area contributed by atoms with Gasteiger partial charge in [0.15, 0.2) is 0 Å². The summed E-state index contributed by atoms with van der Waals surface area (Å²) in [5.74, 6) is -0.686. The maximum atomic E-state index is 13.4. The van der Waals surface area contributed by atoms with Crippen molar-refractivity contribution < 1.29 is 28.6 Å². The number of rotatable bonds is 9. The lowest BCUT2D eigenvalue weighted by molar-refractivity contribution is -0.139. The number of Topliss-reactive ketones (excluding diaryl/α,β-unsaturated/α-hetero) is 1. The van der Waals surface area contributed by atoms with E-state index < -0.39 is 17.7 Å². The number of aliphatic hydroxyl groups is 1. The smallest absolute Gasteiger partial charge is 0.295 e. The van der Waals surface area contributed by atoms with Crippen molar-refractivity contribution in [1.82, 2.24) is 4.90 Å². The second-order valence-corrected chi connectivity index (χ2v) is 9.52. The number of carbonyl (C=O) groups is 2. The zero-order valence-electron chi connectivity index (χ0n) is 22.0. The molecule has 1 aliphatic heterocycles. The van der Waals surface area contributed by atoms with Crippen LogP contribution in [0.3, 0.4) is 0 Å². The largest absolute Gasteiger partial charge is 0.507 e. The molecule has 1 fully saturated rings. The fraction of sp³-hybridized carbons (Fsp3) is 0.290. The molecule has 1 N–H and O–H groups in total. The molecule has 7 heteroatoms. The Balaban J connectivity index is 1.76. The summed E-state index contributed by atoms with van der Waals surface area (Å²) in [5.41, 5.74) is 2.74. The van der Waals surface area contributed by atoms with Gasteiger partial charge in [-0.1, -0.05) is 24.3 Å². The van der Waals surface area contributed by atoms with Crippen LogP contribution in [-0.2, 0) is 16.0 Å². The zero-order valence-corrected chi connectivity index (χ0v) is 22.0. The van der Waals surface area contributed by atoms with E-state index in [0.29, 0.717) is 35.7 Å². The lowest BCUT2D eigenvalue weighted by atomic mass is 9.94. The van der Waals surface area contributed by atoms with Crippen molar-refractivity contribution in [2.75, 3.05) is 13.2 Å². The van der Waals surface area contributed by atoms with Gasteiger partial charge in [0.05, 0.1) is 24.3 Å². The number of benzene rings is 3. The average Bonchev–Trinajstić information content (AvgIpc) is 3.14. The predicted molar refractivity (Wildman–Crippen MR) is 144 cm³/mol. The van der Waals surface area contributed by atoms with Crippen LogP contribution in [0.15, 0.2) is 72.3 Å². The lowest BCUT2D eigenvalue weighted by Crippen LogP contribution is -2.31. The molecule has 0 aliphatic carbocycles. The van der Waals surface area contributed by atoms with E-state index in [-0.39, 0.29) is 29.8 Å². The number of hydrogen-bond acceptors (Lipinski definition) is 5. The number of aliphatic hydroxyl groups excluding tert-OH is 1. The van der Waals surface area contributed by atoms with E-state index in [0.717, 1.165) is 11.1 Å². The molecule has 0 spiro atoms. The Hall–Kier alpha value is -4.13. The first kappa shape index (κ1) is 26.9. The number of carbonyl (C=O) groups excluding carboxylic acids is 2. The van der Waals surface area contributed by atoms with Crippen LogP contribution in [0.1, 0.15) is 49.1 Å². The molecule has 1 aliphatic rings. The molecule has 6 nitrogen and oxygen atoms in total. The van der Waals surface area contributed by atoms with Crippen molar-refractivity contribution in [3.8, 4) is 11.5 Å². The summed E-state index contributed by atoms with van der Waals surface area (Å²) in [5, 5.41) is 11.4. The van der Waals surface area contributed by atoms with Crippen molar-refractivity contribution in [2.45, 2.75) is 46.3 Å². The summed E-state index contributed by atoms with van der Waals surface area (Å²) < 4.78 is 24.7. The van der Waals surface area contributed by atoms with Gasteiger partial charge in [-0.3, -0.25) is 9.59 Å². The van der Waals surface area contributed by atoms with Crippen molar-refractivity contribution >= 4 is 17.4 Å². The van der Waals surface area contributed by atoms with Gasteiger partial charge in [-0.05, 0) is 93.3 Å². The van der Waals surface area contributed by atoms with Crippen LogP contribution in [0.25, 0.3) is 5.76 Å². The van der Waals surface area contributed by atoms with Crippen molar-refractivity contribution in [3.05, 3.63) is 100 Å². The summed E-state index contributed by atoms with van der Waals surface area (Å²) in [4.78, 5) is 28.1. The topological polar surface area (TPSA) is 76.1 Å². The Bertz CT molecular complexity index is 1350. The molecule has 4 rings (SSSR count). The van der Waals surface area contributed by atoms with Crippen LogP contribution in [0.5, 0.6) is 11.5 Å². The molecule has 1 unspecified atom stereocenters. The molecule has 38 heavy (non-hydrogen) atoms. The second kappa shape index (κ2) is 11.5. The normalized spacial score (nSPS) is 16.8. The third-order valence-electron chi connectivity index (χ3n) is 6.41. The Morgan fingerprint density at radius 2 is 1.71 bits per heavy atom. The minimum absolute atomic E-state index is 0.00917. The van der Waals surface area contributed by atoms with E-state index in [1.54, 1.807) is 54.6 Å². The van der Waals surface area contributed by atoms with E-state index >= 15 is 0 Å². The zero-order chi connectivity index (χ0) is 27.4. The molecule has 0 aromatic heterocycles. The van der Waals surface area contributed by atoms with Crippen LogP contribution < -0.4 is 9.47 Å². The first-order valence-corrected chi connectivity index (χ1v) is 12.7. The monoisotopic (exact) mass is 517 g/mol. The number of nitrogens with zero attached hydrogens (tertiary/aromatic N) is 1. The van der Waals surface area contributed by atoms with Crippen molar-refractivity contribution in [2.24, 2.45) is 0 Å². The Kier molecular flexibility index (Phi) is 8.15. The highest BCUT2D eigenvalue weighted by atomic mass is 19.1. The molecular formula is C31H32FNO5. The van der Waals surface area contributed by atoms with Gasteiger partial charge >= 0.3 is 0 Å². The average molecular weight is 518 g/mol. The van der Waals surface area contributed by atoms with Crippen molar-refractivity contribution in [3.63, 3.8) is 0 Å². The molecule has 1 atom stereocenters. The summed E-state index contributed by atoms with van der Waals surface area (Å²) in [6.07, 6.45) is 0.408. The molecule has 1 saturated heterocycles. The van der Waals surface area contributed by atoms with Crippen LogP contribution in [-0.4, -0.2) is 41.0 Å². The maximum absolute atomic E-state index is 13.4. The number of halogens is 1. The third kappa shape index (κ3) is 5.72. The highest BCUT2D eigenvalue weighted by Gasteiger charge is 2.45. The molecule has 0 bridgehead atoms. The fourth-order valence-electron chi connectivity index (χ4n) is 4.63. The summed E-state index contributed by atoms with van der Waals surface area (Å²) in [7, 11) is 0. The number of likely N-dealkylation sites (tertiary alicyclic amines) is 1. The Morgan fingerprint density at radius 1 is 1.03 bits per heavy atom. The summed E-state index contributed by atoms with van der Waals surface area (Å²) in [6, 6.07) is 17.6. The van der Waals surface area contributed by atoms with Gasteiger partial charge in [-0.15, -0.1) is 0 Å². The summed E-state index contributed by atoms with van der Waals surface area (Å²) >= 11 is 0. The highest BCUT2D eigenvalue weighted by Crippen LogP contribution is 2.40. The van der Waals surface area contributed by atoms with Gasteiger partial charge in [0.1, 0.15) is 23.1 Å². The molecule has 1 amide bonds. The van der Waals surface area contributed by atoms with Gasteiger partial charge < -0.3 is 19.5 Å². The van der Waals surface area contributed by atoms with E-state index in [1.165, 1.54) is 17.0 Å². The molecule has 0 saturated carbocycles. The first-order valence-electron chi connectivity index (χ1n) is 12.7. The molecule has 198 valence electrons. The predicted octanol–water partition coefficient (Wildman–Crippen LogP) is 5.98. The molecule has 0 radical (unpaired) electrons. The van der Waals surface area contributed by atoms with Gasteiger partial charge in [0.25, 0.3) is 11.7 Å². The van der Waals surface area contributed by atoms with Gasteiger partial charge in [0, 0.05) is 12.1 Å². The second-order valence-electron chi connectivity index (χ2n) is 9.52. The van der Waals surface area contributed by atoms with E-state index in [4.69, 9.17) is 9.47 Å². The number of aryl methyl sites for hydroxylation is 1. The molecule has 3 aromatic rings. The minimum Gasteiger partial charge on any atom is -0.507 e. The number of ether oxygens (including phenoxy) is 2. The quantitative estimate of drug-likeness (QED) is 0.215. The SMILES string of the molecule is CCOc1ccc(/C(O)=C2/C(=O)C(=O)N(CCc3ccc(F)cc3)C2c2ccc(OC(C)C)cc2)cc1C. The molecule has 3 aromatic carbocycles. The number of amides is 1. The minimum atomic E-state index is -0.796. The number of ketones is 1. The first-order chi connectivity index (χ1) is 18.2. The highest BCUT2D eigenvalue weighted by molar-refractivity contribution is 6.46. The van der Waals surface area contributed by atoms with E-state index in [1.807, 2.05) is 27.7 Å². The van der Waals surface area contributed by atoms with Crippen LogP contribution in [0, 0.1) is 12.7 Å². The standard InChI is InChI=1S/C31H32FNO5/c1-5-37-26-15-10-23(18-20(26)4)29(34)27-28(22-8-13-25(14-9-22)38-19(2)3)33(31(36)30(27)35)17-16-21-6-11-24(32)12-7-21/h6-15,18-19,28,34H,5,16-17H2,1-4H3/b29-27-. The van der Waals surface area contributed by atoms with Crippen LogP contribution >= 0.6 is 0 Å². The van der Waals surface area contributed by atoms with Crippen LogP contribution in [0.2, 0.25) is 0 Å². The van der Waals surface area contributed by atoms with Gasteiger partial charge in [-0.25, -0.2) is 4.39 Å². The molecular weight excluding hydrogens is 485 g/mol.